The van der Waals surface area contributed by atoms with Gasteiger partial charge >= 0.3 is 0 Å². The molecular weight excluding hydrogens is 180 g/mol. The van der Waals surface area contributed by atoms with E-state index in [0.717, 1.165) is 25.7 Å². The largest absolute Gasteiger partial charge is 0.382 e. The van der Waals surface area contributed by atoms with Crippen LogP contribution < -0.4 is 0 Å². The molecule has 0 aliphatic heterocycles. The fraction of sp³-hybridized carbons (Fsp3) is 0.909. The number of ketones is 1. The molecule has 0 bridgehead atoms. The molecule has 1 rings (SSSR count). The molecule has 0 heterocycles. The average Bonchev–Trinajstić information content (AvgIpc) is 2.40. The van der Waals surface area contributed by atoms with Gasteiger partial charge in [-0.2, -0.15) is 0 Å². The summed E-state index contributed by atoms with van der Waals surface area (Å²) in [5.41, 5.74) is -1.09. The molecule has 0 saturated heterocycles. The van der Waals surface area contributed by atoms with E-state index in [0.29, 0.717) is 19.4 Å². The van der Waals surface area contributed by atoms with Gasteiger partial charge in [-0.25, -0.2) is 0 Å². The Morgan fingerprint density at radius 1 is 1.29 bits per heavy atom. The smallest absolute Gasteiger partial charge is 0.189 e. The van der Waals surface area contributed by atoms with Crippen molar-refractivity contribution in [3.8, 4) is 0 Å². The SMILES string of the molecule is CCOCC(=O)C1(O)CCCCCC1. The highest BCUT2D eigenvalue weighted by Gasteiger charge is 2.35. The van der Waals surface area contributed by atoms with Crippen molar-refractivity contribution in [1.82, 2.24) is 0 Å². The van der Waals surface area contributed by atoms with Crippen LogP contribution in [0.4, 0.5) is 0 Å². The van der Waals surface area contributed by atoms with E-state index in [1.807, 2.05) is 6.92 Å². The van der Waals surface area contributed by atoms with Crippen LogP contribution in [0.1, 0.15) is 45.4 Å². The Morgan fingerprint density at radius 3 is 2.36 bits per heavy atom. The van der Waals surface area contributed by atoms with Crippen molar-refractivity contribution in [2.45, 2.75) is 51.0 Å². The average molecular weight is 200 g/mol. The third-order valence-corrected chi connectivity index (χ3v) is 2.89. The third-order valence-electron chi connectivity index (χ3n) is 2.89. The van der Waals surface area contributed by atoms with Crippen molar-refractivity contribution < 1.29 is 14.6 Å². The zero-order valence-corrected chi connectivity index (χ0v) is 8.92. The number of rotatable bonds is 4. The molecule has 0 aromatic heterocycles. The van der Waals surface area contributed by atoms with Gasteiger partial charge < -0.3 is 9.84 Å². The van der Waals surface area contributed by atoms with Crippen molar-refractivity contribution in [3.63, 3.8) is 0 Å². The number of ether oxygens (including phenoxy) is 1. The van der Waals surface area contributed by atoms with Gasteiger partial charge in [0.15, 0.2) is 5.78 Å². The first kappa shape index (κ1) is 11.7. The second kappa shape index (κ2) is 5.47. The molecule has 0 spiro atoms. The van der Waals surface area contributed by atoms with E-state index in [2.05, 4.69) is 0 Å². The highest BCUT2D eigenvalue weighted by Crippen LogP contribution is 2.27. The predicted molar refractivity (Wildman–Crippen MR) is 54.2 cm³/mol. The van der Waals surface area contributed by atoms with E-state index in [4.69, 9.17) is 4.74 Å². The zero-order valence-electron chi connectivity index (χ0n) is 8.92. The van der Waals surface area contributed by atoms with Crippen LogP contribution in [-0.2, 0) is 9.53 Å². The van der Waals surface area contributed by atoms with Gasteiger partial charge in [-0.3, -0.25) is 4.79 Å². The lowest BCUT2D eigenvalue weighted by Crippen LogP contribution is -2.40. The minimum atomic E-state index is -1.09. The number of hydrogen-bond acceptors (Lipinski definition) is 3. The minimum Gasteiger partial charge on any atom is -0.382 e. The highest BCUT2D eigenvalue weighted by atomic mass is 16.5. The van der Waals surface area contributed by atoms with E-state index in [9.17, 15) is 9.90 Å². The molecule has 0 aromatic carbocycles. The molecule has 0 radical (unpaired) electrons. The van der Waals surface area contributed by atoms with Crippen molar-refractivity contribution in [2.24, 2.45) is 0 Å². The Balaban J connectivity index is 2.48. The summed E-state index contributed by atoms with van der Waals surface area (Å²) in [6.45, 7) is 2.44. The molecule has 1 aliphatic rings. The summed E-state index contributed by atoms with van der Waals surface area (Å²) in [6, 6.07) is 0. The first-order valence-electron chi connectivity index (χ1n) is 5.52. The van der Waals surface area contributed by atoms with Gasteiger partial charge in [0.1, 0.15) is 12.2 Å². The summed E-state index contributed by atoms with van der Waals surface area (Å²) >= 11 is 0. The molecule has 0 unspecified atom stereocenters. The number of aliphatic hydroxyl groups is 1. The molecule has 14 heavy (non-hydrogen) atoms. The molecule has 1 N–H and O–H groups in total. The van der Waals surface area contributed by atoms with E-state index < -0.39 is 5.60 Å². The van der Waals surface area contributed by atoms with Gasteiger partial charge in [0, 0.05) is 6.61 Å². The molecule has 0 amide bonds. The lowest BCUT2D eigenvalue weighted by molar-refractivity contribution is -0.143. The topological polar surface area (TPSA) is 46.5 Å². The third kappa shape index (κ3) is 3.07. The van der Waals surface area contributed by atoms with Crippen molar-refractivity contribution in [2.75, 3.05) is 13.2 Å². The number of Topliss-reactive ketones (excluding diaryl/α,β-unsaturated/α-hetero) is 1. The summed E-state index contributed by atoms with van der Waals surface area (Å²) in [7, 11) is 0. The summed E-state index contributed by atoms with van der Waals surface area (Å²) < 4.78 is 5.04. The Morgan fingerprint density at radius 2 is 1.86 bits per heavy atom. The molecule has 0 aromatic rings. The van der Waals surface area contributed by atoms with E-state index >= 15 is 0 Å². The first-order chi connectivity index (χ1) is 6.69. The molecule has 1 fully saturated rings. The van der Waals surface area contributed by atoms with Gasteiger partial charge in [-0.05, 0) is 19.8 Å². The molecule has 0 atom stereocenters. The van der Waals surface area contributed by atoms with Gasteiger partial charge in [-0.1, -0.05) is 25.7 Å². The quantitative estimate of drug-likeness (QED) is 0.702. The Labute approximate surface area is 85.5 Å². The van der Waals surface area contributed by atoms with E-state index in [1.165, 1.54) is 0 Å². The van der Waals surface area contributed by atoms with Crippen LogP contribution in [0.25, 0.3) is 0 Å². The lowest BCUT2D eigenvalue weighted by atomic mass is 9.90. The van der Waals surface area contributed by atoms with Gasteiger partial charge in [0.2, 0.25) is 0 Å². The molecular formula is C11H20O3. The highest BCUT2D eigenvalue weighted by molar-refractivity contribution is 5.88. The standard InChI is InChI=1S/C11H20O3/c1-2-14-9-10(12)11(13)7-5-3-4-6-8-11/h13H,2-9H2,1H3. The fourth-order valence-corrected chi connectivity index (χ4v) is 1.92. The Bertz CT molecular complexity index is 181. The minimum absolute atomic E-state index is 0.0625. The molecule has 1 saturated carbocycles. The van der Waals surface area contributed by atoms with Crippen molar-refractivity contribution in [3.05, 3.63) is 0 Å². The molecule has 3 heteroatoms. The summed E-state index contributed by atoms with van der Waals surface area (Å²) in [6.07, 6.45) is 5.38. The number of hydrogen-bond donors (Lipinski definition) is 1. The van der Waals surface area contributed by atoms with Crippen LogP contribution in [0.15, 0.2) is 0 Å². The second-order valence-corrected chi connectivity index (χ2v) is 4.01. The number of carbonyl (C=O) groups is 1. The van der Waals surface area contributed by atoms with Crippen LogP contribution in [0.2, 0.25) is 0 Å². The lowest BCUT2D eigenvalue weighted by Gasteiger charge is -2.24. The fourth-order valence-electron chi connectivity index (χ4n) is 1.92. The van der Waals surface area contributed by atoms with Crippen LogP contribution in [-0.4, -0.2) is 29.7 Å². The van der Waals surface area contributed by atoms with Crippen LogP contribution in [0.3, 0.4) is 0 Å². The number of carbonyl (C=O) groups excluding carboxylic acids is 1. The van der Waals surface area contributed by atoms with Crippen molar-refractivity contribution >= 4 is 5.78 Å². The maximum Gasteiger partial charge on any atom is 0.189 e. The van der Waals surface area contributed by atoms with Crippen molar-refractivity contribution in [1.29, 1.82) is 0 Å². The maximum atomic E-state index is 11.7. The maximum absolute atomic E-state index is 11.7. The Kier molecular flexibility index (Phi) is 4.55. The van der Waals surface area contributed by atoms with Crippen LogP contribution >= 0.6 is 0 Å². The molecule has 3 nitrogen and oxygen atoms in total. The predicted octanol–water partition coefficient (Wildman–Crippen LogP) is 1.68. The first-order valence-corrected chi connectivity index (χ1v) is 5.52. The van der Waals surface area contributed by atoms with Gasteiger partial charge in [-0.15, -0.1) is 0 Å². The monoisotopic (exact) mass is 200 g/mol. The van der Waals surface area contributed by atoms with Gasteiger partial charge in [0.05, 0.1) is 0 Å². The summed E-state index contributed by atoms with van der Waals surface area (Å²) in [4.78, 5) is 11.7. The van der Waals surface area contributed by atoms with Crippen LogP contribution in [0, 0.1) is 0 Å². The van der Waals surface area contributed by atoms with Crippen LogP contribution in [0.5, 0.6) is 0 Å². The second-order valence-electron chi connectivity index (χ2n) is 4.01. The normalized spacial score (nSPS) is 21.6. The van der Waals surface area contributed by atoms with E-state index in [-0.39, 0.29) is 12.4 Å². The van der Waals surface area contributed by atoms with E-state index in [1.54, 1.807) is 0 Å². The summed E-state index contributed by atoms with van der Waals surface area (Å²) in [5, 5.41) is 10.1. The Hall–Kier alpha value is -0.410. The zero-order chi connectivity index (χ0) is 10.4. The molecule has 82 valence electrons. The summed E-state index contributed by atoms with van der Waals surface area (Å²) in [5.74, 6) is -0.138. The molecule has 1 aliphatic carbocycles. The van der Waals surface area contributed by atoms with Gasteiger partial charge in [0.25, 0.3) is 0 Å².